The Balaban J connectivity index is 1.66. The van der Waals surface area contributed by atoms with Gasteiger partial charge in [-0.05, 0) is 55.6 Å². The fourth-order valence-electron chi connectivity index (χ4n) is 3.52. The predicted molar refractivity (Wildman–Crippen MR) is 111 cm³/mol. The van der Waals surface area contributed by atoms with Crippen molar-refractivity contribution in [1.82, 2.24) is 4.90 Å². The average Bonchev–Trinajstić information content (AvgIpc) is 2.71. The van der Waals surface area contributed by atoms with Gasteiger partial charge in [0.2, 0.25) is 5.91 Å². The molecule has 1 heterocycles. The molecule has 1 amide bonds. The van der Waals surface area contributed by atoms with Crippen molar-refractivity contribution in [3.05, 3.63) is 64.2 Å². The number of aryl methyl sites for hydroxylation is 1. The van der Waals surface area contributed by atoms with Crippen LogP contribution >= 0.6 is 11.6 Å². The molecule has 1 aliphatic rings. The molecule has 0 aromatic heterocycles. The van der Waals surface area contributed by atoms with Gasteiger partial charge in [-0.1, -0.05) is 35.9 Å². The van der Waals surface area contributed by atoms with E-state index >= 15 is 0 Å². The normalized spacial score (nSPS) is 17.2. The molecule has 1 fully saturated rings. The summed E-state index contributed by atoms with van der Waals surface area (Å²) < 4.78 is 4.76. The van der Waals surface area contributed by atoms with E-state index in [0.29, 0.717) is 17.8 Å². The number of amides is 1. The molecule has 28 heavy (non-hydrogen) atoms. The lowest BCUT2D eigenvalue weighted by atomic mass is 9.96. The molecular formula is C22H25ClN2O3. The van der Waals surface area contributed by atoms with Gasteiger partial charge in [0.25, 0.3) is 0 Å². The molecule has 0 aliphatic carbocycles. The van der Waals surface area contributed by atoms with Crippen LogP contribution in [-0.2, 0) is 16.1 Å². The molecule has 2 aromatic rings. The fourth-order valence-corrected chi connectivity index (χ4v) is 3.71. The maximum Gasteiger partial charge on any atom is 0.337 e. The van der Waals surface area contributed by atoms with Crippen LogP contribution in [0.2, 0.25) is 5.02 Å². The van der Waals surface area contributed by atoms with Crippen LogP contribution in [0, 0.1) is 12.8 Å². The minimum absolute atomic E-state index is 0.0195. The van der Waals surface area contributed by atoms with Gasteiger partial charge in [0.15, 0.2) is 0 Å². The molecule has 0 spiro atoms. The molecule has 3 rings (SSSR count). The zero-order chi connectivity index (χ0) is 20.1. The fraction of sp³-hybridized carbons (Fsp3) is 0.364. The minimum Gasteiger partial charge on any atom is -0.465 e. The number of ether oxygens (including phenoxy) is 1. The third-order valence-corrected chi connectivity index (χ3v) is 5.51. The van der Waals surface area contributed by atoms with Gasteiger partial charge in [0.05, 0.1) is 18.6 Å². The SMILES string of the molecule is COC(=O)c1ccc(C)c(NC(=O)[C@@H]2CCCN(Cc3ccccc3Cl)C2)c1. The van der Waals surface area contributed by atoms with Crippen LogP contribution in [0.3, 0.4) is 0 Å². The Kier molecular flexibility index (Phi) is 6.70. The number of esters is 1. The van der Waals surface area contributed by atoms with Gasteiger partial charge < -0.3 is 10.1 Å². The standard InChI is InChI=1S/C22H25ClN2O3/c1-15-9-10-16(22(27)28-2)12-20(15)24-21(26)18-7-5-11-25(14-18)13-17-6-3-4-8-19(17)23/h3-4,6,8-10,12,18H,5,7,11,13-14H2,1-2H3,(H,24,26)/t18-/m1/s1. The molecule has 0 unspecified atom stereocenters. The second-order valence-corrected chi connectivity index (χ2v) is 7.58. The Morgan fingerprint density at radius 3 is 2.79 bits per heavy atom. The lowest BCUT2D eigenvalue weighted by Gasteiger charge is -2.32. The highest BCUT2D eigenvalue weighted by atomic mass is 35.5. The summed E-state index contributed by atoms with van der Waals surface area (Å²) in [5.41, 5.74) is 3.06. The molecular weight excluding hydrogens is 376 g/mol. The van der Waals surface area contributed by atoms with E-state index in [1.165, 1.54) is 7.11 Å². The molecule has 0 saturated carbocycles. The van der Waals surface area contributed by atoms with E-state index < -0.39 is 5.97 Å². The number of likely N-dealkylation sites (tertiary alicyclic amines) is 1. The van der Waals surface area contributed by atoms with E-state index in [2.05, 4.69) is 10.2 Å². The van der Waals surface area contributed by atoms with Gasteiger partial charge in [-0.15, -0.1) is 0 Å². The van der Waals surface area contributed by atoms with Crippen LogP contribution in [0.25, 0.3) is 0 Å². The van der Waals surface area contributed by atoms with Crippen molar-refractivity contribution < 1.29 is 14.3 Å². The van der Waals surface area contributed by atoms with Crippen molar-refractivity contribution in [2.75, 3.05) is 25.5 Å². The molecule has 6 heteroatoms. The van der Waals surface area contributed by atoms with Crippen LogP contribution in [-0.4, -0.2) is 37.0 Å². The van der Waals surface area contributed by atoms with Crippen molar-refractivity contribution in [3.8, 4) is 0 Å². The monoisotopic (exact) mass is 400 g/mol. The third-order valence-electron chi connectivity index (χ3n) is 5.14. The first-order valence-corrected chi connectivity index (χ1v) is 9.81. The first kappa shape index (κ1) is 20.4. The summed E-state index contributed by atoms with van der Waals surface area (Å²) in [7, 11) is 1.34. The van der Waals surface area contributed by atoms with Crippen molar-refractivity contribution in [2.24, 2.45) is 5.92 Å². The van der Waals surface area contributed by atoms with E-state index in [1.54, 1.807) is 12.1 Å². The van der Waals surface area contributed by atoms with Crippen molar-refractivity contribution in [1.29, 1.82) is 0 Å². The molecule has 148 valence electrons. The molecule has 1 aliphatic heterocycles. The second-order valence-electron chi connectivity index (χ2n) is 7.18. The Labute approximate surface area is 170 Å². The molecule has 0 radical (unpaired) electrons. The molecule has 1 saturated heterocycles. The minimum atomic E-state index is -0.418. The summed E-state index contributed by atoms with van der Waals surface area (Å²) in [5.74, 6) is -0.537. The van der Waals surface area contributed by atoms with Crippen molar-refractivity contribution >= 4 is 29.2 Å². The van der Waals surface area contributed by atoms with Gasteiger partial charge in [0.1, 0.15) is 0 Å². The third kappa shape index (κ3) is 4.91. The quantitative estimate of drug-likeness (QED) is 0.761. The average molecular weight is 401 g/mol. The summed E-state index contributed by atoms with van der Waals surface area (Å²) >= 11 is 6.28. The van der Waals surface area contributed by atoms with E-state index in [0.717, 1.165) is 42.1 Å². The number of nitrogens with one attached hydrogen (secondary N) is 1. The zero-order valence-corrected chi connectivity index (χ0v) is 17.0. The van der Waals surface area contributed by atoms with Gasteiger partial charge in [-0.25, -0.2) is 4.79 Å². The lowest BCUT2D eigenvalue weighted by Crippen LogP contribution is -2.40. The maximum absolute atomic E-state index is 12.9. The number of nitrogens with zero attached hydrogens (tertiary/aromatic N) is 1. The number of benzene rings is 2. The highest BCUT2D eigenvalue weighted by Gasteiger charge is 2.26. The number of rotatable bonds is 5. The highest BCUT2D eigenvalue weighted by molar-refractivity contribution is 6.31. The Bertz CT molecular complexity index is 869. The lowest BCUT2D eigenvalue weighted by molar-refractivity contribution is -0.121. The summed E-state index contributed by atoms with van der Waals surface area (Å²) in [4.78, 5) is 26.9. The van der Waals surface area contributed by atoms with Crippen LogP contribution < -0.4 is 5.32 Å². The topological polar surface area (TPSA) is 58.6 Å². The molecule has 2 aromatic carbocycles. The maximum atomic E-state index is 12.9. The van der Waals surface area contributed by atoms with Gasteiger partial charge in [-0.3, -0.25) is 9.69 Å². The highest BCUT2D eigenvalue weighted by Crippen LogP contribution is 2.24. The van der Waals surface area contributed by atoms with Crippen LogP contribution in [0.5, 0.6) is 0 Å². The number of halogens is 1. The van der Waals surface area contributed by atoms with Crippen LogP contribution in [0.1, 0.15) is 34.3 Å². The van der Waals surface area contributed by atoms with Gasteiger partial charge in [-0.2, -0.15) is 0 Å². The number of hydrogen-bond acceptors (Lipinski definition) is 4. The molecule has 0 bridgehead atoms. The molecule has 1 atom stereocenters. The Morgan fingerprint density at radius 1 is 1.25 bits per heavy atom. The molecule has 1 N–H and O–H groups in total. The largest absolute Gasteiger partial charge is 0.465 e. The number of anilines is 1. The summed E-state index contributed by atoms with van der Waals surface area (Å²) in [6.07, 6.45) is 1.81. The first-order valence-electron chi connectivity index (χ1n) is 9.43. The summed E-state index contributed by atoms with van der Waals surface area (Å²) in [6, 6.07) is 13.0. The number of carbonyl (C=O) groups excluding carboxylic acids is 2. The van der Waals surface area contributed by atoms with E-state index in [4.69, 9.17) is 16.3 Å². The van der Waals surface area contributed by atoms with Gasteiger partial charge in [0, 0.05) is 23.8 Å². The number of carbonyl (C=O) groups is 2. The summed E-state index contributed by atoms with van der Waals surface area (Å²) in [5, 5.41) is 3.75. The first-order chi connectivity index (χ1) is 13.5. The predicted octanol–water partition coefficient (Wildman–Crippen LogP) is 4.29. The zero-order valence-electron chi connectivity index (χ0n) is 16.2. The van der Waals surface area contributed by atoms with Crippen molar-refractivity contribution in [2.45, 2.75) is 26.3 Å². The molecule has 5 nitrogen and oxygen atoms in total. The number of piperidine rings is 1. The van der Waals surface area contributed by atoms with E-state index in [9.17, 15) is 9.59 Å². The number of methoxy groups -OCH3 is 1. The van der Waals surface area contributed by atoms with Crippen LogP contribution in [0.4, 0.5) is 5.69 Å². The van der Waals surface area contributed by atoms with Crippen molar-refractivity contribution in [3.63, 3.8) is 0 Å². The second kappa shape index (κ2) is 9.22. The Hall–Kier alpha value is -2.37. The Morgan fingerprint density at radius 2 is 2.04 bits per heavy atom. The van der Waals surface area contributed by atoms with E-state index in [1.807, 2.05) is 37.3 Å². The smallest absolute Gasteiger partial charge is 0.337 e. The van der Waals surface area contributed by atoms with E-state index in [-0.39, 0.29) is 11.8 Å². The summed E-state index contributed by atoms with van der Waals surface area (Å²) in [6.45, 7) is 4.28. The number of hydrogen-bond donors (Lipinski definition) is 1. The van der Waals surface area contributed by atoms with Crippen LogP contribution in [0.15, 0.2) is 42.5 Å². The van der Waals surface area contributed by atoms with Gasteiger partial charge >= 0.3 is 5.97 Å².